The van der Waals surface area contributed by atoms with Crippen LogP contribution in [0.4, 0.5) is 0 Å². The van der Waals surface area contributed by atoms with Gasteiger partial charge in [-0.3, -0.25) is 0 Å². The van der Waals surface area contributed by atoms with Crippen molar-refractivity contribution in [1.29, 1.82) is 0 Å². The van der Waals surface area contributed by atoms with Crippen molar-refractivity contribution >= 4 is 37.7 Å². The highest BCUT2D eigenvalue weighted by atomic mass is 79.9. The maximum absolute atomic E-state index is 12.3. The third kappa shape index (κ3) is 3.87. The molecule has 1 fully saturated rings. The Kier molecular flexibility index (Phi) is 5.16. The van der Waals surface area contributed by atoms with E-state index in [2.05, 4.69) is 20.7 Å². The Labute approximate surface area is 126 Å². The topological polar surface area (TPSA) is 55.4 Å². The van der Waals surface area contributed by atoms with Crippen LogP contribution >= 0.6 is 27.7 Å². The molecule has 0 aromatic heterocycles. The fourth-order valence-electron chi connectivity index (χ4n) is 1.91. The lowest BCUT2D eigenvalue weighted by molar-refractivity contribution is 0.402. The molecule has 1 heterocycles. The molecule has 1 N–H and O–H groups in total. The van der Waals surface area contributed by atoms with Gasteiger partial charge >= 0.3 is 0 Å². The van der Waals surface area contributed by atoms with E-state index < -0.39 is 10.0 Å². The molecule has 0 bridgehead atoms. The second-order valence-corrected chi connectivity index (χ2v) is 8.18. The molecule has 1 aliphatic heterocycles. The molecular weight excluding hydrogens is 350 g/mol. The fourth-order valence-corrected chi connectivity index (χ4v) is 5.02. The first-order valence-corrected chi connectivity index (χ1v) is 9.37. The Bertz CT molecular complexity index is 542. The van der Waals surface area contributed by atoms with Gasteiger partial charge in [-0.15, -0.1) is 0 Å². The highest BCUT2D eigenvalue weighted by Crippen LogP contribution is 2.28. The smallest absolute Gasteiger partial charge is 0.244 e. The number of methoxy groups -OCH3 is 1. The number of halogens is 1. The highest BCUT2D eigenvalue weighted by Gasteiger charge is 2.23. The Morgan fingerprint density at radius 3 is 2.95 bits per heavy atom. The lowest BCUT2D eigenvalue weighted by atomic mass is 10.1. The van der Waals surface area contributed by atoms with Crippen molar-refractivity contribution in [2.75, 3.05) is 25.2 Å². The zero-order valence-electron chi connectivity index (χ0n) is 10.6. The number of hydrogen-bond donors (Lipinski definition) is 1. The molecule has 1 aromatic carbocycles. The SMILES string of the molecule is COc1ccc(Br)cc1S(=O)(=O)NCC1CCSC1. The van der Waals surface area contributed by atoms with E-state index in [1.807, 2.05) is 11.8 Å². The third-order valence-corrected chi connectivity index (χ3v) is 6.17. The molecule has 1 aromatic rings. The molecule has 0 aliphatic carbocycles. The Balaban J connectivity index is 2.16. The molecule has 106 valence electrons. The van der Waals surface area contributed by atoms with Crippen molar-refractivity contribution in [3.05, 3.63) is 22.7 Å². The summed E-state index contributed by atoms with van der Waals surface area (Å²) in [5.74, 6) is 2.93. The van der Waals surface area contributed by atoms with Gasteiger partial charge < -0.3 is 4.74 Å². The van der Waals surface area contributed by atoms with Crippen LogP contribution in [0.5, 0.6) is 5.75 Å². The standard InChI is InChI=1S/C12H16BrNO3S2/c1-17-11-3-2-10(13)6-12(11)19(15,16)14-7-9-4-5-18-8-9/h2-3,6,9,14H,4-5,7-8H2,1H3. The maximum Gasteiger partial charge on any atom is 0.244 e. The Morgan fingerprint density at radius 1 is 1.53 bits per heavy atom. The molecule has 0 amide bonds. The molecule has 1 saturated heterocycles. The maximum atomic E-state index is 12.3. The van der Waals surface area contributed by atoms with Gasteiger partial charge in [0.05, 0.1) is 7.11 Å². The fraction of sp³-hybridized carbons (Fsp3) is 0.500. The summed E-state index contributed by atoms with van der Waals surface area (Å²) in [4.78, 5) is 0.176. The van der Waals surface area contributed by atoms with E-state index in [1.165, 1.54) is 7.11 Å². The van der Waals surface area contributed by atoms with Gasteiger partial charge in [-0.2, -0.15) is 11.8 Å². The summed E-state index contributed by atoms with van der Waals surface area (Å²) in [6.07, 6.45) is 1.07. The van der Waals surface area contributed by atoms with Crippen LogP contribution in [0, 0.1) is 5.92 Å². The third-order valence-electron chi connectivity index (χ3n) is 3.00. The molecule has 7 heteroatoms. The van der Waals surface area contributed by atoms with Crippen molar-refractivity contribution in [3.8, 4) is 5.75 Å². The van der Waals surface area contributed by atoms with E-state index in [4.69, 9.17) is 4.74 Å². The van der Waals surface area contributed by atoms with Crippen LogP contribution in [0.25, 0.3) is 0 Å². The number of rotatable bonds is 5. The van der Waals surface area contributed by atoms with Gasteiger partial charge in [0.25, 0.3) is 0 Å². The summed E-state index contributed by atoms with van der Waals surface area (Å²) in [5.41, 5.74) is 0. The quantitative estimate of drug-likeness (QED) is 0.870. The lowest BCUT2D eigenvalue weighted by Crippen LogP contribution is -2.29. The molecule has 0 radical (unpaired) electrons. The van der Waals surface area contributed by atoms with Gasteiger partial charge in [-0.1, -0.05) is 15.9 Å². The van der Waals surface area contributed by atoms with Crippen molar-refractivity contribution < 1.29 is 13.2 Å². The highest BCUT2D eigenvalue weighted by molar-refractivity contribution is 9.10. The molecule has 2 rings (SSSR count). The minimum atomic E-state index is -3.53. The number of sulfonamides is 1. The van der Waals surface area contributed by atoms with Crippen LogP contribution in [0.3, 0.4) is 0 Å². The van der Waals surface area contributed by atoms with Crippen molar-refractivity contribution in [3.63, 3.8) is 0 Å². The summed E-state index contributed by atoms with van der Waals surface area (Å²) in [7, 11) is -2.06. The normalized spacial score (nSPS) is 19.6. The van der Waals surface area contributed by atoms with E-state index in [1.54, 1.807) is 18.2 Å². The zero-order valence-corrected chi connectivity index (χ0v) is 13.8. The molecule has 1 atom stereocenters. The largest absolute Gasteiger partial charge is 0.495 e. The minimum absolute atomic E-state index is 0.176. The van der Waals surface area contributed by atoms with E-state index in [0.717, 1.165) is 17.9 Å². The van der Waals surface area contributed by atoms with Crippen LogP contribution in [-0.4, -0.2) is 33.6 Å². The summed E-state index contributed by atoms with van der Waals surface area (Å²) in [6, 6.07) is 4.96. The van der Waals surface area contributed by atoms with Gasteiger partial charge in [-0.25, -0.2) is 13.1 Å². The second-order valence-electron chi connectivity index (χ2n) is 4.38. The lowest BCUT2D eigenvalue weighted by Gasteiger charge is -2.13. The first-order chi connectivity index (χ1) is 9.03. The van der Waals surface area contributed by atoms with Gasteiger partial charge in [0.15, 0.2) is 0 Å². The monoisotopic (exact) mass is 365 g/mol. The summed E-state index contributed by atoms with van der Waals surface area (Å²) < 4.78 is 33.1. The first-order valence-electron chi connectivity index (χ1n) is 5.94. The number of thioether (sulfide) groups is 1. The van der Waals surface area contributed by atoms with E-state index in [0.29, 0.717) is 22.7 Å². The van der Waals surface area contributed by atoms with Crippen molar-refractivity contribution in [2.45, 2.75) is 11.3 Å². The number of nitrogens with one attached hydrogen (secondary N) is 1. The van der Waals surface area contributed by atoms with Crippen molar-refractivity contribution in [1.82, 2.24) is 4.72 Å². The molecule has 0 spiro atoms. The average Bonchev–Trinajstić information content (AvgIpc) is 2.89. The Hall–Kier alpha value is -0.240. The van der Waals surface area contributed by atoms with Crippen LogP contribution in [0.1, 0.15) is 6.42 Å². The van der Waals surface area contributed by atoms with Crippen LogP contribution in [0.15, 0.2) is 27.6 Å². The predicted molar refractivity (Wildman–Crippen MR) is 81.3 cm³/mol. The molecule has 19 heavy (non-hydrogen) atoms. The zero-order chi connectivity index (χ0) is 13.9. The first kappa shape index (κ1) is 15.2. The van der Waals surface area contributed by atoms with E-state index in [9.17, 15) is 8.42 Å². The molecular formula is C12H16BrNO3S2. The number of hydrogen-bond acceptors (Lipinski definition) is 4. The van der Waals surface area contributed by atoms with Crippen LogP contribution in [0.2, 0.25) is 0 Å². The molecule has 1 unspecified atom stereocenters. The Morgan fingerprint density at radius 2 is 2.32 bits per heavy atom. The molecule has 1 aliphatic rings. The van der Waals surface area contributed by atoms with Crippen LogP contribution < -0.4 is 9.46 Å². The van der Waals surface area contributed by atoms with E-state index >= 15 is 0 Å². The van der Waals surface area contributed by atoms with Gasteiger partial charge in [0, 0.05) is 11.0 Å². The van der Waals surface area contributed by atoms with Crippen molar-refractivity contribution in [2.24, 2.45) is 5.92 Å². The summed E-state index contributed by atoms with van der Waals surface area (Å²) >= 11 is 5.16. The minimum Gasteiger partial charge on any atom is -0.495 e. The van der Waals surface area contributed by atoms with E-state index in [-0.39, 0.29) is 4.90 Å². The molecule has 4 nitrogen and oxygen atoms in total. The molecule has 0 saturated carbocycles. The van der Waals surface area contributed by atoms with Gasteiger partial charge in [-0.05, 0) is 42.0 Å². The second kappa shape index (κ2) is 6.47. The van der Waals surface area contributed by atoms with Crippen LogP contribution in [-0.2, 0) is 10.0 Å². The number of benzene rings is 1. The van der Waals surface area contributed by atoms with Gasteiger partial charge in [0.2, 0.25) is 10.0 Å². The summed E-state index contributed by atoms with van der Waals surface area (Å²) in [5, 5.41) is 0. The average molecular weight is 366 g/mol. The van der Waals surface area contributed by atoms with Gasteiger partial charge in [0.1, 0.15) is 10.6 Å². The predicted octanol–water partition coefficient (Wildman–Crippen LogP) is 2.49. The summed E-state index contributed by atoms with van der Waals surface area (Å²) in [6.45, 7) is 0.491. The number of ether oxygens (including phenoxy) is 1.